The zero-order valence-electron chi connectivity index (χ0n) is 19.6. The summed E-state index contributed by atoms with van der Waals surface area (Å²) in [5, 5.41) is 5.71. The Balaban J connectivity index is 0.00000385. The Morgan fingerprint density at radius 3 is 2.42 bits per heavy atom. The van der Waals surface area contributed by atoms with E-state index in [2.05, 4.69) is 29.4 Å². The summed E-state index contributed by atoms with van der Waals surface area (Å²) < 4.78 is 30.8. The quantitative estimate of drug-likeness (QED) is 0.516. The number of nitrogens with zero attached hydrogens (tertiary/aromatic N) is 1. The first-order valence-electron chi connectivity index (χ1n) is 11.4. The molecular formula is C24H36ClN3O4S. The van der Waals surface area contributed by atoms with Crippen molar-refractivity contribution in [1.82, 2.24) is 10.2 Å². The maximum absolute atomic E-state index is 12.8. The third-order valence-electron chi connectivity index (χ3n) is 6.09. The molecule has 1 aromatic heterocycles. The van der Waals surface area contributed by atoms with Crippen LogP contribution >= 0.6 is 12.4 Å². The zero-order chi connectivity index (χ0) is 23.1. The molecule has 2 atom stereocenters. The van der Waals surface area contributed by atoms with Gasteiger partial charge in [-0.1, -0.05) is 19.1 Å². The highest BCUT2D eigenvalue weighted by atomic mass is 35.5. The predicted molar refractivity (Wildman–Crippen MR) is 135 cm³/mol. The van der Waals surface area contributed by atoms with Crippen LogP contribution in [0.25, 0.3) is 0 Å². The van der Waals surface area contributed by atoms with Gasteiger partial charge in [0.15, 0.2) is 15.6 Å². The molecule has 1 aliphatic heterocycles. The number of nitrogens with one attached hydrogen (secondary N) is 2. The fraction of sp³-hybridized carbons (Fsp3) is 0.542. The SMILES string of the molecule is CCCN(C(C)Cc1ccc(NC(=O)c2ccco2)cc1)C(C1CCNCC1)S(C)(=O)=O.Cl. The second kappa shape index (κ2) is 12.6. The van der Waals surface area contributed by atoms with Crippen LogP contribution in [-0.4, -0.2) is 56.5 Å². The summed E-state index contributed by atoms with van der Waals surface area (Å²) in [7, 11) is -3.22. The second-order valence-electron chi connectivity index (χ2n) is 8.73. The molecule has 1 fully saturated rings. The highest BCUT2D eigenvalue weighted by molar-refractivity contribution is 7.91. The summed E-state index contributed by atoms with van der Waals surface area (Å²) in [6.07, 6.45) is 6.26. The summed E-state index contributed by atoms with van der Waals surface area (Å²) in [4.78, 5) is 14.3. The lowest BCUT2D eigenvalue weighted by atomic mass is 9.95. The van der Waals surface area contributed by atoms with Gasteiger partial charge in [0, 0.05) is 18.0 Å². The minimum atomic E-state index is -3.22. The van der Waals surface area contributed by atoms with Gasteiger partial charge in [-0.15, -0.1) is 12.4 Å². The average molecular weight is 498 g/mol. The fourth-order valence-electron chi connectivity index (χ4n) is 4.64. The Labute approximate surface area is 203 Å². The number of rotatable bonds is 10. The van der Waals surface area contributed by atoms with E-state index in [1.54, 1.807) is 12.1 Å². The lowest BCUT2D eigenvalue weighted by molar-refractivity contribution is 0.0996. The number of carbonyl (C=O) groups is 1. The van der Waals surface area contributed by atoms with Gasteiger partial charge in [-0.25, -0.2) is 8.42 Å². The van der Waals surface area contributed by atoms with Crippen LogP contribution in [0.1, 0.15) is 49.2 Å². The first kappa shape index (κ1) is 27.4. The number of sulfone groups is 1. The van der Waals surface area contributed by atoms with Gasteiger partial charge in [0.25, 0.3) is 5.91 Å². The minimum absolute atomic E-state index is 0. The standard InChI is InChI=1S/C24H35N3O4S.ClH/c1-4-15-27(24(32(3,29)30)20-11-13-25-14-12-20)18(2)17-19-7-9-21(10-8-19)26-23(28)22-6-5-16-31-22;/h5-10,16,18,20,24-25H,4,11-15,17H2,1-3H3,(H,26,28);1H. The third kappa shape index (κ3) is 7.57. The van der Waals surface area contributed by atoms with E-state index in [0.29, 0.717) is 5.69 Å². The van der Waals surface area contributed by atoms with Gasteiger partial charge < -0.3 is 15.1 Å². The Morgan fingerprint density at radius 1 is 1.21 bits per heavy atom. The summed E-state index contributed by atoms with van der Waals surface area (Å²) in [5.41, 5.74) is 1.80. The number of piperidine rings is 1. The molecular weight excluding hydrogens is 462 g/mol. The first-order chi connectivity index (χ1) is 15.3. The van der Waals surface area contributed by atoms with E-state index in [1.807, 2.05) is 24.3 Å². The smallest absolute Gasteiger partial charge is 0.291 e. The molecule has 0 bridgehead atoms. The van der Waals surface area contributed by atoms with Crippen LogP contribution in [-0.2, 0) is 16.3 Å². The summed E-state index contributed by atoms with van der Waals surface area (Å²) >= 11 is 0. The number of hydrogen-bond acceptors (Lipinski definition) is 6. The van der Waals surface area contributed by atoms with Crippen LogP contribution in [0.15, 0.2) is 47.1 Å². The van der Waals surface area contributed by atoms with Gasteiger partial charge >= 0.3 is 0 Å². The Kier molecular flexibility index (Phi) is 10.4. The highest BCUT2D eigenvalue weighted by Gasteiger charge is 2.37. The van der Waals surface area contributed by atoms with E-state index in [9.17, 15) is 13.2 Å². The first-order valence-corrected chi connectivity index (χ1v) is 13.3. The second-order valence-corrected chi connectivity index (χ2v) is 10.9. The molecule has 2 unspecified atom stereocenters. The van der Waals surface area contributed by atoms with Gasteiger partial charge in [0.05, 0.1) is 6.26 Å². The van der Waals surface area contributed by atoms with Crippen molar-refractivity contribution in [3.8, 4) is 0 Å². The van der Waals surface area contributed by atoms with Gasteiger partial charge in [0.1, 0.15) is 5.37 Å². The average Bonchev–Trinajstić information content (AvgIpc) is 3.30. The highest BCUT2D eigenvalue weighted by Crippen LogP contribution is 2.28. The fourth-order valence-corrected chi connectivity index (χ4v) is 6.41. The van der Waals surface area contributed by atoms with Crippen LogP contribution in [0.3, 0.4) is 0 Å². The van der Waals surface area contributed by atoms with Crippen LogP contribution in [0.4, 0.5) is 5.69 Å². The van der Waals surface area contributed by atoms with Crippen LogP contribution in [0.2, 0.25) is 0 Å². The summed E-state index contributed by atoms with van der Waals surface area (Å²) in [6.45, 7) is 6.70. The van der Waals surface area contributed by atoms with E-state index >= 15 is 0 Å². The maximum Gasteiger partial charge on any atom is 0.291 e. The Hall–Kier alpha value is -1.87. The molecule has 7 nitrogen and oxygen atoms in total. The van der Waals surface area contributed by atoms with Crippen molar-refractivity contribution in [3.05, 3.63) is 54.0 Å². The molecule has 9 heteroatoms. The molecule has 0 aliphatic carbocycles. The Bertz CT molecular complexity index is 958. The lowest BCUT2D eigenvalue weighted by Gasteiger charge is -2.41. The molecule has 2 N–H and O–H groups in total. The molecule has 2 aromatic rings. The van der Waals surface area contributed by atoms with Crippen molar-refractivity contribution in [2.75, 3.05) is 31.2 Å². The number of carbonyl (C=O) groups excluding carboxylic acids is 1. The van der Waals surface area contributed by atoms with Crippen LogP contribution in [0.5, 0.6) is 0 Å². The summed E-state index contributed by atoms with van der Waals surface area (Å²) in [6, 6.07) is 11.1. The monoisotopic (exact) mass is 497 g/mol. The van der Waals surface area contributed by atoms with Gasteiger partial charge in [-0.3, -0.25) is 9.69 Å². The van der Waals surface area contributed by atoms with Crippen LogP contribution in [0, 0.1) is 5.92 Å². The topological polar surface area (TPSA) is 91.7 Å². The van der Waals surface area contributed by atoms with Crippen molar-refractivity contribution < 1.29 is 17.6 Å². The van der Waals surface area contributed by atoms with Crippen molar-refractivity contribution in [3.63, 3.8) is 0 Å². The maximum atomic E-state index is 12.8. The summed E-state index contributed by atoms with van der Waals surface area (Å²) in [5.74, 6) is 0.130. The largest absolute Gasteiger partial charge is 0.459 e. The number of hydrogen-bond donors (Lipinski definition) is 2. The molecule has 0 radical (unpaired) electrons. The van der Waals surface area contributed by atoms with E-state index < -0.39 is 15.2 Å². The lowest BCUT2D eigenvalue weighted by Crippen LogP contribution is -2.52. The third-order valence-corrected chi connectivity index (χ3v) is 7.62. The van der Waals surface area contributed by atoms with E-state index in [-0.39, 0.29) is 36.0 Å². The molecule has 184 valence electrons. The molecule has 33 heavy (non-hydrogen) atoms. The van der Waals surface area contributed by atoms with Crippen LogP contribution < -0.4 is 10.6 Å². The van der Waals surface area contributed by atoms with E-state index in [0.717, 1.165) is 50.9 Å². The minimum Gasteiger partial charge on any atom is -0.459 e. The predicted octanol–water partition coefficient (Wildman–Crippen LogP) is 3.97. The van der Waals surface area contributed by atoms with E-state index in [1.165, 1.54) is 12.5 Å². The molecule has 0 saturated carbocycles. The van der Waals surface area contributed by atoms with Crippen molar-refractivity contribution >= 4 is 33.8 Å². The van der Waals surface area contributed by atoms with Crippen molar-refractivity contribution in [2.24, 2.45) is 5.92 Å². The Morgan fingerprint density at radius 2 is 1.88 bits per heavy atom. The normalized spacial score (nSPS) is 16.7. The van der Waals surface area contributed by atoms with Gasteiger partial charge in [-0.2, -0.15) is 0 Å². The number of furan rings is 1. The molecule has 1 amide bonds. The van der Waals surface area contributed by atoms with Gasteiger partial charge in [-0.05, 0) is 88.0 Å². The van der Waals surface area contributed by atoms with E-state index in [4.69, 9.17) is 4.42 Å². The molecule has 1 aromatic carbocycles. The number of benzene rings is 1. The molecule has 3 rings (SSSR count). The number of halogens is 1. The van der Waals surface area contributed by atoms with Crippen molar-refractivity contribution in [2.45, 2.75) is 50.9 Å². The zero-order valence-corrected chi connectivity index (χ0v) is 21.3. The molecule has 2 heterocycles. The number of amides is 1. The number of anilines is 1. The molecule has 0 spiro atoms. The molecule has 1 aliphatic rings. The van der Waals surface area contributed by atoms with Gasteiger partial charge in [0.2, 0.25) is 0 Å². The van der Waals surface area contributed by atoms with Crippen molar-refractivity contribution in [1.29, 1.82) is 0 Å². The molecule has 1 saturated heterocycles.